The number of hydrogen-bond donors (Lipinski definition) is 2. The van der Waals surface area contributed by atoms with Crippen molar-refractivity contribution in [1.82, 2.24) is 10.3 Å². The van der Waals surface area contributed by atoms with Gasteiger partial charge in [0.2, 0.25) is 0 Å². The molecule has 0 saturated heterocycles. The largest absolute Gasteiger partial charge is 0.298 e. The molecule has 0 saturated carbocycles. The first-order chi connectivity index (χ1) is 14.0. The minimum atomic E-state index is -0.322. The number of fused-ring (bicyclic) bond motifs is 1. The van der Waals surface area contributed by atoms with Crippen LogP contribution in [-0.2, 0) is 6.54 Å². The Balaban J connectivity index is 1.40. The molecule has 7 heteroatoms. The molecule has 0 fully saturated rings. The van der Waals surface area contributed by atoms with Gasteiger partial charge in [-0.25, -0.2) is 0 Å². The van der Waals surface area contributed by atoms with Crippen LogP contribution in [0.3, 0.4) is 0 Å². The Hall–Kier alpha value is -3.64. The summed E-state index contributed by atoms with van der Waals surface area (Å²) < 4.78 is 0. The minimum absolute atomic E-state index is 0.148. The molecule has 3 aromatic rings. The first kappa shape index (κ1) is 18.7. The molecule has 0 aliphatic carbocycles. The summed E-state index contributed by atoms with van der Waals surface area (Å²) in [6, 6.07) is 20.5. The van der Waals surface area contributed by atoms with Crippen molar-refractivity contribution in [3.05, 3.63) is 100 Å². The Morgan fingerprint density at radius 3 is 2.14 bits per heavy atom. The van der Waals surface area contributed by atoms with Crippen LogP contribution >= 0.6 is 11.6 Å². The highest BCUT2D eigenvalue weighted by Crippen LogP contribution is 2.24. The van der Waals surface area contributed by atoms with E-state index in [1.54, 1.807) is 72.8 Å². The molecule has 0 spiro atoms. The lowest BCUT2D eigenvalue weighted by Gasteiger charge is -2.14. The zero-order valence-electron chi connectivity index (χ0n) is 15.2. The van der Waals surface area contributed by atoms with Crippen LogP contribution in [0.5, 0.6) is 0 Å². The van der Waals surface area contributed by atoms with Gasteiger partial charge in [-0.15, -0.1) is 0 Å². The number of halogens is 1. The molecule has 6 nitrogen and oxygen atoms in total. The maximum absolute atomic E-state index is 12.5. The molecule has 0 radical (unpaired) electrons. The first-order valence-electron chi connectivity index (χ1n) is 8.89. The molecular formula is C22H16ClN3O3. The molecule has 29 heavy (non-hydrogen) atoms. The summed E-state index contributed by atoms with van der Waals surface area (Å²) in [5.41, 5.74) is 8.07. The van der Waals surface area contributed by atoms with Crippen molar-refractivity contribution in [2.24, 2.45) is 0 Å². The average molecular weight is 406 g/mol. The van der Waals surface area contributed by atoms with Gasteiger partial charge in [0.25, 0.3) is 17.7 Å². The number of nitrogens with one attached hydrogen (secondary N) is 2. The van der Waals surface area contributed by atoms with Gasteiger partial charge >= 0.3 is 0 Å². The standard InChI is InChI=1S/C22H16ClN3O3/c23-16-4-3-5-17(12-16)24-25-20(27)15-10-8-14(9-11-15)13-26-21(28)18-6-1-2-7-19(18)22(26)29/h1-12,24H,13H2,(H,25,27). The van der Waals surface area contributed by atoms with Gasteiger partial charge in [-0.1, -0.05) is 41.9 Å². The fourth-order valence-corrected chi connectivity index (χ4v) is 3.28. The second-order valence-corrected chi connectivity index (χ2v) is 6.96. The minimum Gasteiger partial charge on any atom is -0.298 e. The molecule has 1 heterocycles. The third-order valence-corrected chi connectivity index (χ3v) is 4.82. The van der Waals surface area contributed by atoms with Crippen LogP contribution in [0.15, 0.2) is 72.8 Å². The Labute approximate surface area is 172 Å². The Bertz CT molecular complexity index is 1080. The van der Waals surface area contributed by atoms with E-state index in [0.717, 1.165) is 5.56 Å². The van der Waals surface area contributed by atoms with Gasteiger partial charge in [0.15, 0.2) is 0 Å². The zero-order valence-corrected chi connectivity index (χ0v) is 15.9. The third-order valence-electron chi connectivity index (χ3n) is 4.58. The van der Waals surface area contributed by atoms with Crippen LogP contribution in [0.2, 0.25) is 5.02 Å². The maximum Gasteiger partial charge on any atom is 0.269 e. The molecule has 4 rings (SSSR count). The number of imide groups is 1. The maximum atomic E-state index is 12.5. The molecule has 3 amide bonds. The summed E-state index contributed by atoms with van der Waals surface area (Å²) in [5, 5.41) is 0.557. The molecule has 144 valence electrons. The molecule has 0 aromatic heterocycles. The van der Waals surface area contributed by atoms with Crippen LogP contribution in [0.25, 0.3) is 0 Å². The summed E-state index contributed by atoms with van der Waals surface area (Å²) in [6.45, 7) is 0.148. The van der Waals surface area contributed by atoms with Crippen LogP contribution < -0.4 is 10.9 Å². The number of anilines is 1. The van der Waals surface area contributed by atoms with E-state index < -0.39 is 0 Å². The van der Waals surface area contributed by atoms with Crippen molar-refractivity contribution in [1.29, 1.82) is 0 Å². The number of benzene rings is 3. The van der Waals surface area contributed by atoms with E-state index in [4.69, 9.17) is 11.6 Å². The summed E-state index contributed by atoms with van der Waals surface area (Å²) in [6.07, 6.45) is 0. The van der Waals surface area contributed by atoms with Crippen LogP contribution in [0.4, 0.5) is 5.69 Å². The number of carbonyl (C=O) groups excluding carboxylic acids is 3. The van der Waals surface area contributed by atoms with Gasteiger partial charge in [0.1, 0.15) is 0 Å². The van der Waals surface area contributed by atoms with E-state index in [1.807, 2.05) is 0 Å². The predicted molar refractivity (Wildman–Crippen MR) is 110 cm³/mol. The monoisotopic (exact) mass is 405 g/mol. The van der Waals surface area contributed by atoms with Gasteiger partial charge in [-0.05, 0) is 48.0 Å². The van der Waals surface area contributed by atoms with E-state index in [1.165, 1.54) is 4.90 Å². The summed E-state index contributed by atoms with van der Waals surface area (Å²) in [5.74, 6) is -0.937. The highest BCUT2D eigenvalue weighted by atomic mass is 35.5. The lowest BCUT2D eigenvalue weighted by atomic mass is 10.1. The number of rotatable bonds is 5. The van der Waals surface area contributed by atoms with Crippen molar-refractivity contribution in [2.75, 3.05) is 5.43 Å². The van der Waals surface area contributed by atoms with Gasteiger partial charge in [0.05, 0.1) is 23.4 Å². The fourth-order valence-electron chi connectivity index (χ4n) is 3.09. The highest BCUT2D eigenvalue weighted by molar-refractivity contribution is 6.30. The molecule has 1 aliphatic heterocycles. The number of carbonyl (C=O) groups is 3. The first-order valence-corrected chi connectivity index (χ1v) is 9.27. The molecular weight excluding hydrogens is 390 g/mol. The molecule has 0 unspecified atom stereocenters. The van der Waals surface area contributed by atoms with Crippen molar-refractivity contribution in [3.8, 4) is 0 Å². The van der Waals surface area contributed by atoms with Crippen molar-refractivity contribution >= 4 is 35.0 Å². The normalized spacial score (nSPS) is 12.7. The lowest BCUT2D eigenvalue weighted by molar-refractivity contribution is 0.0642. The van der Waals surface area contributed by atoms with E-state index >= 15 is 0 Å². The predicted octanol–water partition coefficient (Wildman–Crippen LogP) is 3.89. The van der Waals surface area contributed by atoms with Crippen molar-refractivity contribution < 1.29 is 14.4 Å². The number of hydrogen-bond acceptors (Lipinski definition) is 4. The summed E-state index contributed by atoms with van der Waals surface area (Å²) in [4.78, 5) is 38.4. The van der Waals surface area contributed by atoms with Crippen molar-refractivity contribution in [2.45, 2.75) is 6.54 Å². The van der Waals surface area contributed by atoms with E-state index in [-0.39, 0.29) is 24.3 Å². The number of hydrazine groups is 1. The van der Waals surface area contributed by atoms with Crippen LogP contribution in [0, 0.1) is 0 Å². The van der Waals surface area contributed by atoms with Crippen LogP contribution in [-0.4, -0.2) is 22.6 Å². The number of amides is 3. The number of nitrogens with zero attached hydrogens (tertiary/aromatic N) is 1. The van der Waals surface area contributed by atoms with Gasteiger partial charge < -0.3 is 0 Å². The van der Waals surface area contributed by atoms with E-state index in [0.29, 0.717) is 27.4 Å². The highest BCUT2D eigenvalue weighted by Gasteiger charge is 2.34. The van der Waals surface area contributed by atoms with Gasteiger partial charge in [-0.3, -0.25) is 30.1 Å². The Kier molecular flexibility index (Phi) is 5.01. The molecule has 1 aliphatic rings. The average Bonchev–Trinajstić information content (AvgIpc) is 2.98. The Morgan fingerprint density at radius 2 is 1.52 bits per heavy atom. The van der Waals surface area contributed by atoms with Crippen LogP contribution in [0.1, 0.15) is 36.6 Å². The summed E-state index contributed by atoms with van der Waals surface area (Å²) >= 11 is 5.91. The molecule has 3 aromatic carbocycles. The summed E-state index contributed by atoms with van der Waals surface area (Å²) in [7, 11) is 0. The quantitative estimate of drug-likeness (QED) is 0.498. The molecule has 0 bridgehead atoms. The topological polar surface area (TPSA) is 78.5 Å². The molecule has 0 atom stereocenters. The smallest absolute Gasteiger partial charge is 0.269 e. The Morgan fingerprint density at radius 1 is 0.862 bits per heavy atom. The second kappa shape index (κ2) is 7.77. The molecule has 2 N–H and O–H groups in total. The zero-order chi connectivity index (χ0) is 20.4. The third kappa shape index (κ3) is 3.83. The lowest BCUT2D eigenvalue weighted by Crippen LogP contribution is -2.30. The van der Waals surface area contributed by atoms with Crippen molar-refractivity contribution in [3.63, 3.8) is 0 Å². The van der Waals surface area contributed by atoms with E-state index in [9.17, 15) is 14.4 Å². The fraction of sp³-hybridized carbons (Fsp3) is 0.0455. The van der Waals surface area contributed by atoms with Gasteiger partial charge in [-0.2, -0.15) is 0 Å². The van der Waals surface area contributed by atoms with Gasteiger partial charge in [0, 0.05) is 10.6 Å². The van der Waals surface area contributed by atoms with E-state index in [2.05, 4.69) is 10.9 Å². The second-order valence-electron chi connectivity index (χ2n) is 6.53. The SMILES string of the molecule is O=C(NNc1cccc(Cl)c1)c1ccc(CN2C(=O)c3ccccc3C2=O)cc1.